The van der Waals surface area contributed by atoms with Gasteiger partial charge in [-0.1, -0.05) is 24.3 Å². The van der Waals surface area contributed by atoms with Gasteiger partial charge in [0, 0.05) is 18.6 Å². The Bertz CT molecular complexity index is 394. The minimum absolute atomic E-state index is 0.766. The van der Waals surface area contributed by atoms with Crippen molar-refractivity contribution in [3.8, 4) is 0 Å². The highest BCUT2D eigenvalue weighted by Gasteiger charge is 2.20. The van der Waals surface area contributed by atoms with Crippen molar-refractivity contribution in [2.24, 2.45) is 0 Å². The largest absolute Gasteiger partial charge is 0.314 e. The number of hydrogen-bond donors (Lipinski definition) is 1. The van der Waals surface area contributed by atoms with Crippen LogP contribution in [0.5, 0.6) is 0 Å². The van der Waals surface area contributed by atoms with Gasteiger partial charge >= 0.3 is 0 Å². The van der Waals surface area contributed by atoms with Gasteiger partial charge in [-0.3, -0.25) is 4.90 Å². The highest BCUT2D eigenvalue weighted by atomic mass is 15.2. The van der Waals surface area contributed by atoms with E-state index in [0.29, 0.717) is 0 Å². The molecule has 1 aliphatic carbocycles. The first-order chi connectivity index (χ1) is 9.31. The molecule has 1 saturated heterocycles. The van der Waals surface area contributed by atoms with Gasteiger partial charge in [0.15, 0.2) is 0 Å². The second-order valence-corrected chi connectivity index (χ2v) is 6.26. The molecule has 1 saturated carbocycles. The summed E-state index contributed by atoms with van der Waals surface area (Å²) in [5, 5.41) is 3.58. The molecule has 1 atom stereocenters. The zero-order valence-electron chi connectivity index (χ0n) is 12.1. The topological polar surface area (TPSA) is 15.3 Å². The quantitative estimate of drug-likeness (QED) is 0.844. The molecular weight excluding hydrogens is 232 g/mol. The summed E-state index contributed by atoms with van der Waals surface area (Å²) in [6, 6.07) is 10.8. The summed E-state index contributed by atoms with van der Waals surface area (Å²) < 4.78 is 0. The molecule has 1 aromatic rings. The van der Waals surface area contributed by atoms with Crippen molar-refractivity contribution in [2.45, 2.75) is 57.7 Å². The summed E-state index contributed by atoms with van der Waals surface area (Å²) in [5.41, 5.74) is 2.93. The smallest absolute Gasteiger partial charge is 0.0236 e. The molecule has 2 heteroatoms. The molecule has 2 aliphatic rings. The highest BCUT2D eigenvalue weighted by molar-refractivity contribution is 5.23. The van der Waals surface area contributed by atoms with Gasteiger partial charge < -0.3 is 5.32 Å². The van der Waals surface area contributed by atoms with Crippen molar-refractivity contribution in [1.82, 2.24) is 10.2 Å². The van der Waals surface area contributed by atoms with E-state index in [0.717, 1.165) is 31.6 Å². The van der Waals surface area contributed by atoms with Crippen molar-refractivity contribution >= 4 is 0 Å². The van der Waals surface area contributed by atoms with Crippen LogP contribution in [0.2, 0.25) is 0 Å². The number of nitrogens with one attached hydrogen (secondary N) is 1. The zero-order valence-corrected chi connectivity index (χ0v) is 12.1. The van der Waals surface area contributed by atoms with Crippen molar-refractivity contribution in [3.63, 3.8) is 0 Å². The summed E-state index contributed by atoms with van der Waals surface area (Å²) in [6.45, 7) is 5.88. The lowest BCUT2D eigenvalue weighted by Crippen LogP contribution is -2.26. The Morgan fingerprint density at radius 3 is 2.47 bits per heavy atom. The average molecular weight is 258 g/mol. The van der Waals surface area contributed by atoms with Crippen LogP contribution < -0.4 is 5.32 Å². The van der Waals surface area contributed by atoms with E-state index >= 15 is 0 Å². The summed E-state index contributed by atoms with van der Waals surface area (Å²) in [6.07, 6.45) is 6.66. The van der Waals surface area contributed by atoms with Crippen LogP contribution in [-0.2, 0) is 13.0 Å². The molecule has 2 nitrogen and oxygen atoms in total. The Morgan fingerprint density at radius 2 is 1.84 bits per heavy atom. The van der Waals surface area contributed by atoms with Crippen molar-refractivity contribution in [1.29, 1.82) is 0 Å². The standard InChI is InChI=1S/C17H26N2/c1-14-3-2-12-19(14)13-16-6-4-15(5-7-16)10-11-18-17-8-9-17/h4-7,14,17-18H,2-3,8-13H2,1H3. The van der Waals surface area contributed by atoms with Crippen LogP contribution in [0.4, 0.5) is 0 Å². The Labute approximate surface area is 117 Å². The lowest BCUT2D eigenvalue weighted by atomic mass is 10.1. The Kier molecular flexibility index (Phi) is 4.19. The van der Waals surface area contributed by atoms with E-state index in [-0.39, 0.29) is 0 Å². The lowest BCUT2D eigenvalue weighted by molar-refractivity contribution is 0.260. The summed E-state index contributed by atoms with van der Waals surface area (Å²) in [4.78, 5) is 2.60. The molecular formula is C17H26N2. The van der Waals surface area contributed by atoms with Gasteiger partial charge in [-0.05, 0) is 63.2 Å². The third-order valence-electron chi connectivity index (χ3n) is 4.52. The molecule has 2 fully saturated rings. The van der Waals surface area contributed by atoms with E-state index in [9.17, 15) is 0 Å². The van der Waals surface area contributed by atoms with E-state index in [4.69, 9.17) is 0 Å². The normalized spacial score (nSPS) is 23.9. The number of nitrogens with zero attached hydrogens (tertiary/aromatic N) is 1. The minimum atomic E-state index is 0.766. The van der Waals surface area contributed by atoms with Crippen LogP contribution in [0.3, 0.4) is 0 Å². The average Bonchev–Trinajstić information content (AvgIpc) is 3.16. The summed E-state index contributed by atoms with van der Waals surface area (Å²) in [7, 11) is 0. The van der Waals surface area contributed by atoms with Gasteiger partial charge in [0.2, 0.25) is 0 Å². The highest BCUT2D eigenvalue weighted by Crippen LogP contribution is 2.20. The van der Waals surface area contributed by atoms with E-state index in [2.05, 4.69) is 41.4 Å². The van der Waals surface area contributed by atoms with Gasteiger partial charge in [-0.25, -0.2) is 0 Å². The molecule has 1 heterocycles. The molecule has 19 heavy (non-hydrogen) atoms. The third kappa shape index (κ3) is 3.80. The van der Waals surface area contributed by atoms with Crippen molar-refractivity contribution < 1.29 is 0 Å². The van der Waals surface area contributed by atoms with E-state index < -0.39 is 0 Å². The first kappa shape index (κ1) is 13.1. The number of likely N-dealkylation sites (tertiary alicyclic amines) is 1. The zero-order chi connectivity index (χ0) is 13.1. The summed E-state index contributed by atoms with van der Waals surface area (Å²) >= 11 is 0. The molecule has 0 aromatic heterocycles. The van der Waals surface area contributed by atoms with Crippen LogP contribution in [0, 0.1) is 0 Å². The molecule has 1 aliphatic heterocycles. The van der Waals surface area contributed by atoms with Crippen molar-refractivity contribution in [2.75, 3.05) is 13.1 Å². The fourth-order valence-corrected chi connectivity index (χ4v) is 2.98. The fourth-order valence-electron chi connectivity index (χ4n) is 2.98. The predicted octanol–water partition coefficient (Wildman–Crippen LogP) is 2.97. The van der Waals surface area contributed by atoms with Crippen LogP contribution in [-0.4, -0.2) is 30.1 Å². The molecule has 1 aromatic carbocycles. The van der Waals surface area contributed by atoms with E-state index in [1.807, 2.05) is 0 Å². The SMILES string of the molecule is CC1CCCN1Cc1ccc(CCNC2CC2)cc1. The molecule has 0 radical (unpaired) electrons. The Hall–Kier alpha value is -0.860. The van der Waals surface area contributed by atoms with Crippen LogP contribution in [0.25, 0.3) is 0 Å². The summed E-state index contributed by atoms with van der Waals surface area (Å²) in [5.74, 6) is 0. The maximum absolute atomic E-state index is 3.58. The number of benzene rings is 1. The van der Waals surface area contributed by atoms with Crippen LogP contribution in [0.15, 0.2) is 24.3 Å². The molecule has 0 spiro atoms. The first-order valence-electron chi connectivity index (χ1n) is 7.86. The van der Waals surface area contributed by atoms with Gasteiger partial charge in [0.25, 0.3) is 0 Å². The molecule has 3 rings (SSSR count). The van der Waals surface area contributed by atoms with Gasteiger partial charge in [0.1, 0.15) is 0 Å². The molecule has 0 bridgehead atoms. The van der Waals surface area contributed by atoms with Gasteiger partial charge in [-0.2, -0.15) is 0 Å². The van der Waals surface area contributed by atoms with E-state index in [1.54, 1.807) is 0 Å². The second-order valence-electron chi connectivity index (χ2n) is 6.26. The maximum Gasteiger partial charge on any atom is 0.0236 e. The van der Waals surface area contributed by atoms with Crippen molar-refractivity contribution in [3.05, 3.63) is 35.4 Å². The number of hydrogen-bond acceptors (Lipinski definition) is 2. The van der Waals surface area contributed by atoms with E-state index in [1.165, 1.54) is 43.4 Å². The third-order valence-corrected chi connectivity index (χ3v) is 4.52. The predicted molar refractivity (Wildman–Crippen MR) is 80.3 cm³/mol. The van der Waals surface area contributed by atoms with Crippen LogP contribution >= 0.6 is 0 Å². The fraction of sp³-hybridized carbons (Fsp3) is 0.647. The number of rotatable bonds is 6. The molecule has 0 amide bonds. The van der Waals surface area contributed by atoms with Gasteiger partial charge in [-0.15, -0.1) is 0 Å². The maximum atomic E-state index is 3.58. The van der Waals surface area contributed by atoms with Crippen LogP contribution in [0.1, 0.15) is 43.7 Å². The first-order valence-corrected chi connectivity index (χ1v) is 7.86. The molecule has 1 N–H and O–H groups in total. The lowest BCUT2D eigenvalue weighted by Gasteiger charge is -2.21. The Morgan fingerprint density at radius 1 is 1.11 bits per heavy atom. The second kappa shape index (κ2) is 6.06. The van der Waals surface area contributed by atoms with Gasteiger partial charge in [0.05, 0.1) is 0 Å². The molecule has 104 valence electrons. The Balaban J connectivity index is 1.47. The molecule has 1 unspecified atom stereocenters. The monoisotopic (exact) mass is 258 g/mol. The minimum Gasteiger partial charge on any atom is -0.314 e.